The lowest BCUT2D eigenvalue weighted by Gasteiger charge is -2.35. The van der Waals surface area contributed by atoms with Gasteiger partial charge < -0.3 is 24.1 Å². The van der Waals surface area contributed by atoms with Crippen LogP contribution in [-0.4, -0.2) is 38.5 Å². The molecule has 0 bridgehead atoms. The lowest BCUT2D eigenvalue weighted by atomic mass is 9.71. The number of hydrogen-bond donors (Lipinski definition) is 0. The summed E-state index contributed by atoms with van der Waals surface area (Å²) in [6.07, 6.45) is 1.96. The number of rotatable bonds is 8. The number of carboxylic acids is 1. The Morgan fingerprint density at radius 1 is 1.05 bits per heavy atom. The van der Waals surface area contributed by atoms with Gasteiger partial charge in [-0.1, -0.05) is 18.2 Å². The Morgan fingerprint density at radius 2 is 1.78 bits per heavy atom. The second-order valence-corrected chi connectivity index (χ2v) is 9.27. The summed E-state index contributed by atoms with van der Waals surface area (Å²) in [4.78, 5) is 37.0. The van der Waals surface area contributed by atoms with E-state index in [-0.39, 0.29) is 23.1 Å². The number of nitro benzene ring substituents is 1. The summed E-state index contributed by atoms with van der Waals surface area (Å²) in [5.41, 5.74) is 2.16. The zero-order valence-corrected chi connectivity index (χ0v) is 21.4. The van der Waals surface area contributed by atoms with E-state index in [4.69, 9.17) is 14.2 Å². The lowest BCUT2D eigenvalue weighted by molar-refractivity contribution is -0.384. The van der Waals surface area contributed by atoms with E-state index >= 15 is 0 Å². The Labute approximate surface area is 217 Å². The van der Waals surface area contributed by atoms with Crippen LogP contribution in [0, 0.1) is 10.1 Å². The van der Waals surface area contributed by atoms with Crippen molar-refractivity contribution < 1.29 is 29.0 Å². The van der Waals surface area contributed by atoms with Crippen molar-refractivity contribution in [3.05, 3.63) is 85.6 Å². The molecule has 4 rings (SSSR count). The van der Waals surface area contributed by atoms with Gasteiger partial charge in [-0.05, 0) is 53.1 Å². The number of nitro groups is 1. The van der Waals surface area contributed by atoms with Gasteiger partial charge >= 0.3 is 0 Å². The van der Waals surface area contributed by atoms with E-state index in [0.717, 1.165) is 0 Å². The fraction of sp³-hybridized carbons (Fsp3) is 0.259. The first-order valence-corrected chi connectivity index (χ1v) is 12.5. The zero-order chi connectivity index (χ0) is 26.9. The molecule has 10 heteroatoms. The molecule has 9 nitrogen and oxygen atoms in total. The number of non-ortho nitro benzene ring substituents is 1. The molecule has 3 aromatic rings. The second-order valence-electron chi connectivity index (χ2n) is 8.42. The van der Waals surface area contributed by atoms with E-state index in [1.165, 1.54) is 63.4 Å². The van der Waals surface area contributed by atoms with Gasteiger partial charge in [0.2, 0.25) is 5.75 Å². The fourth-order valence-corrected chi connectivity index (χ4v) is 5.47. The van der Waals surface area contributed by atoms with E-state index in [2.05, 4.69) is 0 Å². The van der Waals surface area contributed by atoms with Crippen molar-refractivity contribution in [1.82, 2.24) is 0 Å². The van der Waals surface area contributed by atoms with Crippen molar-refractivity contribution in [2.75, 3.05) is 27.6 Å². The van der Waals surface area contributed by atoms with Crippen molar-refractivity contribution in [2.24, 2.45) is 0 Å². The first kappa shape index (κ1) is 26.0. The Hall–Kier alpha value is -4.05. The monoisotopic (exact) mass is 522 g/mol. The second kappa shape index (κ2) is 10.5. The third kappa shape index (κ3) is 4.60. The number of hydrogen-bond acceptors (Lipinski definition) is 9. The number of carboxylic acid groups (broad SMARTS) is 1. The highest BCUT2D eigenvalue weighted by Crippen LogP contribution is 2.53. The first-order valence-electron chi connectivity index (χ1n) is 11.2. The number of nitrogens with zero attached hydrogens (tertiary/aromatic N) is 1. The molecule has 2 atom stereocenters. The van der Waals surface area contributed by atoms with Crippen LogP contribution in [0.1, 0.15) is 28.5 Å². The van der Waals surface area contributed by atoms with Gasteiger partial charge in [-0.2, -0.15) is 0 Å². The van der Waals surface area contributed by atoms with Gasteiger partial charge in [-0.15, -0.1) is 11.8 Å². The van der Waals surface area contributed by atoms with Crippen LogP contribution in [0.3, 0.4) is 0 Å². The van der Waals surface area contributed by atoms with Gasteiger partial charge in [-0.3, -0.25) is 14.9 Å². The summed E-state index contributed by atoms with van der Waals surface area (Å²) in [7, 11) is 4.46. The number of methoxy groups -OCH3 is 3. The van der Waals surface area contributed by atoms with Gasteiger partial charge in [-0.25, -0.2) is 0 Å². The maximum absolute atomic E-state index is 13.1. The first-order chi connectivity index (χ1) is 17.7. The van der Waals surface area contributed by atoms with Crippen LogP contribution in [0.5, 0.6) is 17.2 Å². The molecule has 0 fully saturated rings. The van der Waals surface area contributed by atoms with Crippen LogP contribution in [0.25, 0.3) is 11.1 Å². The van der Waals surface area contributed by atoms with Crippen molar-refractivity contribution in [1.29, 1.82) is 0 Å². The predicted octanol–water partition coefficient (Wildman–Crippen LogP) is 3.54. The van der Waals surface area contributed by atoms with Gasteiger partial charge in [0.25, 0.3) is 5.69 Å². The number of thioether (sulfide) groups is 1. The van der Waals surface area contributed by atoms with Crippen molar-refractivity contribution in [2.45, 2.75) is 23.2 Å². The number of carbonyl (C=O) groups is 1. The minimum atomic E-state index is -1.41. The molecule has 2 unspecified atom stereocenters. The van der Waals surface area contributed by atoms with Crippen LogP contribution in [0.15, 0.2) is 58.2 Å². The fourth-order valence-electron chi connectivity index (χ4n) is 5.00. The molecule has 1 aliphatic carbocycles. The molecule has 37 heavy (non-hydrogen) atoms. The SMILES string of the molecule is COc1cc2c(c(OC)c1OC)-c1ccc(SC)c(=O)cc1C(C(C(=O)[O-])c1cccc([N+](=O)[O-])c1)C2. The molecule has 0 heterocycles. The highest BCUT2D eigenvalue weighted by atomic mass is 32.2. The average molecular weight is 523 g/mol. The molecule has 0 saturated heterocycles. The zero-order valence-electron chi connectivity index (χ0n) is 20.6. The summed E-state index contributed by atoms with van der Waals surface area (Å²) < 4.78 is 16.8. The highest BCUT2D eigenvalue weighted by molar-refractivity contribution is 7.98. The molecule has 0 amide bonds. The van der Waals surface area contributed by atoms with Gasteiger partial charge in [0.15, 0.2) is 16.9 Å². The van der Waals surface area contributed by atoms with Gasteiger partial charge in [0, 0.05) is 35.5 Å². The summed E-state index contributed by atoms with van der Waals surface area (Å²) in [5, 5.41) is 24.0. The molecule has 0 spiro atoms. The number of ether oxygens (including phenoxy) is 3. The predicted molar refractivity (Wildman–Crippen MR) is 137 cm³/mol. The van der Waals surface area contributed by atoms with Crippen molar-refractivity contribution in [3.8, 4) is 28.4 Å². The normalized spacial score (nSPS) is 14.6. The molecule has 0 aromatic heterocycles. The van der Waals surface area contributed by atoms with E-state index in [0.29, 0.717) is 44.4 Å². The van der Waals surface area contributed by atoms with Crippen molar-refractivity contribution in [3.63, 3.8) is 0 Å². The molecule has 0 radical (unpaired) electrons. The molecular formula is C27H24NO8S-. The molecule has 0 saturated carbocycles. The number of carbonyl (C=O) groups excluding carboxylic acids is 1. The largest absolute Gasteiger partial charge is 0.549 e. The lowest BCUT2D eigenvalue weighted by Crippen LogP contribution is -2.35. The standard InChI is InChI=1S/C27H25NO8S/c1-34-21-12-15-11-19(24(27(30)31)14-6-5-7-16(10-14)28(32)33)18-13-20(29)22(37-4)9-8-17(18)23(15)26(36-3)25(21)35-2/h5-10,12-13,19,24H,11H2,1-4H3,(H,30,31)/p-1. The topological polar surface area (TPSA) is 128 Å². The maximum Gasteiger partial charge on any atom is 0.269 e. The Morgan fingerprint density at radius 3 is 2.38 bits per heavy atom. The number of fused-ring (bicyclic) bond motifs is 3. The Kier molecular flexibility index (Phi) is 7.40. The van der Waals surface area contributed by atoms with Crippen LogP contribution in [0.2, 0.25) is 0 Å². The van der Waals surface area contributed by atoms with Crippen LogP contribution < -0.4 is 24.7 Å². The van der Waals surface area contributed by atoms with Crippen LogP contribution in [-0.2, 0) is 11.2 Å². The Balaban J connectivity index is 2.07. The third-order valence-corrected chi connectivity index (χ3v) is 7.36. The number of aliphatic carboxylic acids is 1. The molecule has 1 aliphatic rings. The Bertz CT molecular complexity index is 1460. The van der Waals surface area contributed by atoms with E-state index < -0.39 is 22.7 Å². The molecule has 0 N–H and O–H groups in total. The quantitative estimate of drug-likeness (QED) is 0.248. The van der Waals surface area contributed by atoms with Crippen LogP contribution >= 0.6 is 11.8 Å². The average Bonchev–Trinajstić information content (AvgIpc) is 3.05. The third-order valence-electron chi connectivity index (χ3n) is 6.58. The summed E-state index contributed by atoms with van der Waals surface area (Å²) in [6, 6.07) is 12.1. The molecule has 0 aliphatic heterocycles. The van der Waals surface area contributed by atoms with Crippen molar-refractivity contribution >= 4 is 23.4 Å². The minimum Gasteiger partial charge on any atom is -0.549 e. The van der Waals surface area contributed by atoms with Crippen LogP contribution in [0.4, 0.5) is 5.69 Å². The van der Waals surface area contributed by atoms with E-state index in [1.807, 2.05) is 0 Å². The van der Waals surface area contributed by atoms with Gasteiger partial charge in [0.1, 0.15) is 0 Å². The summed E-state index contributed by atoms with van der Waals surface area (Å²) >= 11 is 1.28. The van der Waals surface area contributed by atoms with E-state index in [9.17, 15) is 24.8 Å². The summed E-state index contributed by atoms with van der Waals surface area (Å²) in [6.45, 7) is 0. The molecular weight excluding hydrogens is 498 g/mol. The van der Waals surface area contributed by atoms with E-state index in [1.54, 1.807) is 24.5 Å². The minimum absolute atomic E-state index is 0.179. The summed E-state index contributed by atoms with van der Waals surface area (Å²) in [5.74, 6) is -2.30. The molecule has 192 valence electrons. The highest BCUT2D eigenvalue weighted by Gasteiger charge is 2.36. The van der Waals surface area contributed by atoms with Gasteiger partial charge in [0.05, 0.1) is 31.1 Å². The maximum atomic E-state index is 13.1. The molecule has 3 aromatic carbocycles. The smallest absolute Gasteiger partial charge is 0.269 e. The number of benzene rings is 2.